The summed E-state index contributed by atoms with van der Waals surface area (Å²) in [5, 5.41) is 11.5. The second-order valence-corrected chi connectivity index (χ2v) is 5.30. The van der Waals surface area contributed by atoms with Crippen LogP contribution in [0.3, 0.4) is 0 Å². The Labute approximate surface area is 121 Å². The van der Waals surface area contributed by atoms with E-state index in [0.29, 0.717) is 18.9 Å². The van der Waals surface area contributed by atoms with Gasteiger partial charge in [0.2, 0.25) is 0 Å². The predicted octanol–water partition coefficient (Wildman–Crippen LogP) is 0.804. The number of aromatic nitrogens is 4. The Kier molecular flexibility index (Phi) is 2.83. The number of carbonyl (C=O) groups is 1. The van der Waals surface area contributed by atoms with Gasteiger partial charge in [0.15, 0.2) is 6.10 Å². The third-order valence-electron chi connectivity index (χ3n) is 3.97. The zero-order chi connectivity index (χ0) is 14.2. The van der Waals surface area contributed by atoms with E-state index in [4.69, 9.17) is 4.74 Å². The summed E-state index contributed by atoms with van der Waals surface area (Å²) in [7, 11) is 0. The Bertz CT molecular complexity index is 684. The van der Waals surface area contributed by atoms with Crippen molar-refractivity contribution >= 4 is 11.9 Å². The molecule has 1 aromatic heterocycles. The lowest BCUT2D eigenvalue weighted by Crippen LogP contribution is -2.47. The minimum absolute atomic E-state index is 0.0553. The van der Waals surface area contributed by atoms with Crippen LogP contribution >= 0.6 is 0 Å². The molecule has 0 aliphatic carbocycles. The summed E-state index contributed by atoms with van der Waals surface area (Å²) in [5.41, 5.74) is 1.16. The first-order valence-electron chi connectivity index (χ1n) is 7.15. The fourth-order valence-electron chi connectivity index (χ4n) is 2.90. The van der Waals surface area contributed by atoms with Crippen molar-refractivity contribution in [1.29, 1.82) is 0 Å². The summed E-state index contributed by atoms with van der Waals surface area (Å²) in [6.07, 6.45) is 1.94. The van der Waals surface area contributed by atoms with Gasteiger partial charge in [-0.2, -0.15) is 0 Å². The molecule has 0 bridgehead atoms. The Hall–Kier alpha value is -2.44. The van der Waals surface area contributed by atoms with Crippen LogP contribution in [0.2, 0.25) is 0 Å². The molecule has 7 nitrogen and oxygen atoms in total. The van der Waals surface area contributed by atoms with Crippen LogP contribution in [0.1, 0.15) is 18.4 Å². The number of ether oxygens (including phenoxy) is 1. The number of fused-ring (bicyclic) bond motifs is 2. The van der Waals surface area contributed by atoms with Crippen LogP contribution in [0.15, 0.2) is 24.3 Å². The molecule has 21 heavy (non-hydrogen) atoms. The second-order valence-electron chi connectivity index (χ2n) is 5.30. The highest BCUT2D eigenvalue weighted by atomic mass is 16.5. The highest BCUT2D eigenvalue weighted by molar-refractivity contribution is 5.95. The maximum atomic E-state index is 12.7. The third kappa shape index (κ3) is 2.05. The number of para-hydroxylation sites is 1. The number of rotatable bonds is 1. The number of aryl methyl sites for hydroxylation is 2. The number of nitrogens with zero attached hydrogens (tertiary/aromatic N) is 5. The molecule has 0 saturated carbocycles. The Morgan fingerprint density at radius 2 is 2.19 bits per heavy atom. The van der Waals surface area contributed by atoms with Crippen LogP contribution in [0.25, 0.3) is 0 Å². The molecule has 0 radical (unpaired) electrons. The van der Waals surface area contributed by atoms with Gasteiger partial charge >= 0.3 is 0 Å². The first-order chi connectivity index (χ1) is 10.3. The molecule has 1 unspecified atom stereocenters. The molecule has 2 aliphatic heterocycles. The molecule has 108 valence electrons. The quantitative estimate of drug-likeness (QED) is 0.775. The van der Waals surface area contributed by atoms with E-state index >= 15 is 0 Å². The summed E-state index contributed by atoms with van der Waals surface area (Å²) in [5.74, 6) is 1.27. The monoisotopic (exact) mass is 285 g/mol. The Morgan fingerprint density at radius 1 is 1.29 bits per heavy atom. The van der Waals surface area contributed by atoms with Crippen molar-refractivity contribution in [2.45, 2.75) is 31.9 Å². The molecule has 3 heterocycles. The summed E-state index contributed by atoms with van der Waals surface area (Å²) in [6.45, 7) is 1.39. The van der Waals surface area contributed by atoms with Gasteiger partial charge in [-0.15, -0.1) is 0 Å². The van der Waals surface area contributed by atoms with Crippen LogP contribution in [0, 0.1) is 0 Å². The summed E-state index contributed by atoms with van der Waals surface area (Å²) >= 11 is 0. The van der Waals surface area contributed by atoms with E-state index in [1.54, 1.807) is 9.58 Å². The molecule has 1 aromatic carbocycles. The van der Waals surface area contributed by atoms with Crippen molar-refractivity contribution in [1.82, 2.24) is 20.2 Å². The lowest BCUT2D eigenvalue weighted by Gasteiger charge is -2.31. The normalized spacial score (nSPS) is 20.4. The SMILES string of the molecule is O=C(C1CCc2ccccc2O1)N1CCCn2nnnc21. The van der Waals surface area contributed by atoms with Gasteiger partial charge in [-0.3, -0.25) is 9.69 Å². The first kappa shape index (κ1) is 12.3. The van der Waals surface area contributed by atoms with Crippen molar-refractivity contribution in [2.75, 3.05) is 11.4 Å². The van der Waals surface area contributed by atoms with Crippen LogP contribution in [0.5, 0.6) is 5.75 Å². The Balaban J connectivity index is 1.58. The van der Waals surface area contributed by atoms with Gasteiger partial charge in [0.1, 0.15) is 5.75 Å². The van der Waals surface area contributed by atoms with Crippen molar-refractivity contribution in [3.63, 3.8) is 0 Å². The topological polar surface area (TPSA) is 73.1 Å². The lowest BCUT2D eigenvalue weighted by atomic mass is 10.0. The van der Waals surface area contributed by atoms with Gasteiger partial charge in [0.05, 0.1) is 0 Å². The maximum Gasteiger partial charge on any atom is 0.270 e. The highest BCUT2D eigenvalue weighted by Crippen LogP contribution is 2.29. The minimum Gasteiger partial charge on any atom is -0.480 e. The van der Waals surface area contributed by atoms with Crippen molar-refractivity contribution in [3.05, 3.63) is 29.8 Å². The summed E-state index contributed by atoms with van der Waals surface area (Å²) in [4.78, 5) is 14.4. The van der Waals surface area contributed by atoms with Gasteiger partial charge in [0.25, 0.3) is 11.9 Å². The number of hydrogen-bond acceptors (Lipinski definition) is 5. The van der Waals surface area contributed by atoms with Crippen LogP contribution in [-0.4, -0.2) is 38.8 Å². The summed E-state index contributed by atoms with van der Waals surface area (Å²) in [6, 6.07) is 7.86. The van der Waals surface area contributed by atoms with Gasteiger partial charge < -0.3 is 4.74 Å². The largest absolute Gasteiger partial charge is 0.480 e. The average molecular weight is 285 g/mol. The number of tetrazole rings is 1. The second kappa shape index (κ2) is 4.83. The van der Waals surface area contributed by atoms with Gasteiger partial charge in [0, 0.05) is 13.1 Å². The van der Waals surface area contributed by atoms with E-state index in [2.05, 4.69) is 15.5 Å². The predicted molar refractivity (Wildman–Crippen MR) is 74.0 cm³/mol. The highest BCUT2D eigenvalue weighted by Gasteiger charge is 2.34. The van der Waals surface area contributed by atoms with Gasteiger partial charge in [-0.05, 0) is 41.3 Å². The fraction of sp³-hybridized carbons (Fsp3) is 0.429. The maximum absolute atomic E-state index is 12.7. The van der Waals surface area contributed by atoms with E-state index in [9.17, 15) is 4.79 Å². The van der Waals surface area contributed by atoms with Gasteiger partial charge in [-0.25, -0.2) is 4.68 Å². The van der Waals surface area contributed by atoms with Gasteiger partial charge in [-0.1, -0.05) is 23.3 Å². The van der Waals surface area contributed by atoms with E-state index in [1.807, 2.05) is 24.3 Å². The number of hydrogen-bond donors (Lipinski definition) is 0. The smallest absolute Gasteiger partial charge is 0.270 e. The number of benzene rings is 1. The average Bonchev–Trinajstić information content (AvgIpc) is 3.02. The summed E-state index contributed by atoms with van der Waals surface area (Å²) < 4.78 is 7.53. The van der Waals surface area contributed by atoms with Crippen molar-refractivity contribution in [3.8, 4) is 5.75 Å². The molecule has 0 spiro atoms. The molecule has 2 aromatic rings. The number of carbonyl (C=O) groups excluding carboxylic acids is 1. The van der Waals surface area contributed by atoms with E-state index in [0.717, 1.165) is 30.7 Å². The molecule has 1 amide bonds. The zero-order valence-corrected chi connectivity index (χ0v) is 11.5. The molecule has 2 aliphatic rings. The molecular weight excluding hydrogens is 270 g/mol. The van der Waals surface area contributed by atoms with Crippen molar-refractivity contribution < 1.29 is 9.53 Å². The van der Waals surface area contributed by atoms with Crippen molar-refractivity contribution in [2.24, 2.45) is 0 Å². The minimum atomic E-state index is -0.455. The first-order valence-corrected chi connectivity index (χ1v) is 7.15. The standard InChI is InChI=1S/C14H15N5O2/c20-13(18-8-3-9-19-14(18)15-16-17-19)12-7-6-10-4-1-2-5-11(10)21-12/h1-2,4-5,12H,3,6-9H2. The van der Waals surface area contributed by atoms with Crippen LogP contribution in [-0.2, 0) is 17.8 Å². The van der Waals surface area contributed by atoms with E-state index in [1.165, 1.54) is 0 Å². The molecule has 0 saturated heterocycles. The van der Waals surface area contributed by atoms with E-state index < -0.39 is 6.10 Å². The molecule has 1 atom stereocenters. The lowest BCUT2D eigenvalue weighted by molar-refractivity contribution is -0.126. The molecule has 0 fully saturated rings. The van der Waals surface area contributed by atoms with Crippen LogP contribution in [0.4, 0.5) is 5.95 Å². The van der Waals surface area contributed by atoms with E-state index in [-0.39, 0.29) is 5.91 Å². The molecule has 4 rings (SSSR count). The van der Waals surface area contributed by atoms with Crippen LogP contribution < -0.4 is 9.64 Å². The number of anilines is 1. The fourth-order valence-corrected chi connectivity index (χ4v) is 2.90. The third-order valence-corrected chi connectivity index (χ3v) is 3.97. The Morgan fingerprint density at radius 3 is 3.14 bits per heavy atom. The zero-order valence-electron chi connectivity index (χ0n) is 11.5. The number of amides is 1. The molecule has 0 N–H and O–H groups in total. The molecule has 7 heteroatoms. The molecular formula is C14H15N5O2.